The lowest BCUT2D eigenvalue weighted by molar-refractivity contribution is 0.0295. The molecule has 1 fully saturated rings. The van der Waals surface area contributed by atoms with Crippen molar-refractivity contribution in [2.75, 3.05) is 20.2 Å². The number of aliphatic hydroxyl groups excluding tert-OH is 1. The van der Waals surface area contributed by atoms with Gasteiger partial charge in [-0.1, -0.05) is 12.1 Å². The highest BCUT2D eigenvalue weighted by Crippen LogP contribution is 2.14. The number of ether oxygens (including phenoxy) is 1. The van der Waals surface area contributed by atoms with E-state index >= 15 is 0 Å². The summed E-state index contributed by atoms with van der Waals surface area (Å²) in [5.41, 5.74) is 0.578. The van der Waals surface area contributed by atoms with E-state index in [1.807, 2.05) is 20.8 Å². The number of aliphatic hydroxyl groups is 1. The predicted molar refractivity (Wildman–Crippen MR) is 93.4 cm³/mol. The van der Waals surface area contributed by atoms with Crippen LogP contribution in [0.5, 0.6) is 0 Å². The van der Waals surface area contributed by atoms with Gasteiger partial charge < -0.3 is 14.7 Å². The minimum atomic E-state index is -0.361. The van der Waals surface area contributed by atoms with Gasteiger partial charge in [0.15, 0.2) is 0 Å². The van der Waals surface area contributed by atoms with E-state index in [0.717, 1.165) is 33.0 Å². The first-order valence-corrected chi connectivity index (χ1v) is 8.15. The van der Waals surface area contributed by atoms with Gasteiger partial charge in [-0.05, 0) is 45.7 Å². The number of benzene rings is 1. The Bertz CT molecular complexity index is 583. The van der Waals surface area contributed by atoms with Gasteiger partial charge in [-0.2, -0.15) is 0 Å². The first-order valence-electron chi connectivity index (χ1n) is 8.15. The Morgan fingerprint density at radius 2 is 1.48 bits per heavy atom. The van der Waals surface area contributed by atoms with E-state index in [4.69, 9.17) is 9.84 Å². The minimum Gasteiger partial charge on any atom is -0.444 e. The Labute approximate surface area is 148 Å². The quantitative estimate of drug-likeness (QED) is 0.699. The number of fused-ring (bicyclic) bond motifs is 1. The summed E-state index contributed by atoms with van der Waals surface area (Å²) in [5.74, 6) is -0.601. The zero-order chi connectivity index (χ0) is 19.0. The molecule has 3 amide bonds. The van der Waals surface area contributed by atoms with Crippen molar-refractivity contribution in [1.82, 2.24) is 10.2 Å². The molecule has 2 aliphatic rings. The summed E-state index contributed by atoms with van der Waals surface area (Å²) in [5, 5.41) is 9.20. The van der Waals surface area contributed by atoms with Gasteiger partial charge >= 0.3 is 6.09 Å². The lowest BCUT2D eigenvalue weighted by atomic mass is 10.1. The molecule has 1 saturated heterocycles. The lowest BCUT2D eigenvalue weighted by Gasteiger charge is -2.23. The van der Waals surface area contributed by atoms with E-state index in [2.05, 4.69) is 5.32 Å². The van der Waals surface area contributed by atoms with Gasteiger partial charge in [-0.15, -0.1) is 0 Å². The highest BCUT2D eigenvalue weighted by Gasteiger charge is 2.25. The molecule has 2 N–H and O–H groups in total. The van der Waals surface area contributed by atoms with Gasteiger partial charge in [0.1, 0.15) is 5.60 Å². The molecule has 0 atom stereocenters. The smallest absolute Gasteiger partial charge is 0.410 e. The molecule has 0 spiro atoms. The molecule has 138 valence electrons. The van der Waals surface area contributed by atoms with Crippen LogP contribution in [0.15, 0.2) is 24.3 Å². The number of hydrogen-bond acceptors (Lipinski definition) is 5. The van der Waals surface area contributed by atoms with E-state index in [1.165, 1.54) is 0 Å². The maximum atomic E-state index is 11.4. The van der Waals surface area contributed by atoms with Gasteiger partial charge in [0.2, 0.25) is 0 Å². The number of carbonyl (C=O) groups is 3. The molecule has 0 unspecified atom stereocenters. The van der Waals surface area contributed by atoms with Crippen LogP contribution in [-0.2, 0) is 4.74 Å². The Balaban J connectivity index is 0.000000228. The Kier molecular flexibility index (Phi) is 7.57. The molecule has 2 aliphatic heterocycles. The molecule has 2 heterocycles. The van der Waals surface area contributed by atoms with Crippen LogP contribution in [0.3, 0.4) is 0 Å². The molecule has 0 aliphatic carbocycles. The van der Waals surface area contributed by atoms with Crippen molar-refractivity contribution in [3.63, 3.8) is 0 Å². The van der Waals surface area contributed by atoms with Crippen LogP contribution in [0.2, 0.25) is 0 Å². The number of carbonyl (C=O) groups excluding carboxylic acids is 3. The number of amides is 3. The molecule has 25 heavy (non-hydrogen) atoms. The lowest BCUT2D eigenvalue weighted by Crippen LogP contribution is -2.34. The summed E-state index contributed by atoms with van der Waals surface area (Å²) < 4.78 is 5.21. The Morgan fingerprint density at radius 1 is 1.04 bits per heavy atom. The molecule has 0 bridgehead atoms. The van der Waals surface area contributed by atoms with Crippen LogP contribution in [-0.4, -0.2) is 53.7 Å². The van der Waals surface area contributed by atoms with Crippen LogP contribution < -0.4 is 5.32 Å². The van der Waals surface area contributed by atoms with Crippen molar-refractivity contribution < 1.29 is 24.2 Å². The second kappa shape index (κ2) is 9.17. The maximum absolute atomic E-state index is 11.4. The number of rotatable bonds is 0. The summed E-state index contributed by atoms with van der Waals surface area (Å²) in [6, 6.07) is 6.74. The fraction of sp³-hybridized carbons (Fsp3) is 0.500. The van der Waals surface area contributed by atoms with Gasteiger partial charge in [0.25, 0.3) is 11.8 Å². The normalized spacial score (nSPS) is 15.3. The minimum absolute atomic E-state index is 0.167. The molecule has 7 nitrogen and oxygen atoms in total. The second-order valence-corrected chi connectivity index (χ2v) is 6.50. The number of imide groups is 1. The van der Waals surface area contributed by atoms with Crippen LogP contribution in [0, 0.1) is 0 Å². The zero-order valence-corrected chi connectivity index (χ0v) is 15.2. The largest absolute Gasteiger partial charge is 0.444 e. The monoisotopic (exact) mass is 350 g/mol. The van der Waals surface area contributed by atoms with Crippen LogP contribution in [0.1, 0.15) is 54.3 Å². The molecule has 0 radical (unpaired) electrons. The van der Waals surface area contributed by atoms with E-state index in [1.54, 1.807) is 29.2 Å². The number of hydrogen-bond donors (Lipinski definition) is 2. The molecule has 7 heteroatoms. The SMILES string of the molecule is CC(C)(C)OC(=O)N1CCCC1.CO.O=C1NC(=O)c2ccccc21. The summed E-state index contributed by atoms with van der Waals surface area (Å²) in [6.45, 7) is 7.38. The third-order valence-electron chi connectivity index (χ3n) is 3.40. The first kappa shape index (κ1) is 20.6. The van der Waals surface area contributed by atoms with E-state index in [-0.39, 0.29) is 23.5 Å². The molecule has 3 rings (SSSR count). The molecular formula is C18H26N2O5. The van der Waals surface area contributed by atoms with Gasteiger partial charge in [0.05, 0.1) is 11.1 Å². The summed E-state index contributed by atoms with van der Waals surface area (Å²) in [7, 11) is 1.00. The summed E-state index contributed by atoms with van der Waals surface area (Å²) in [4.78, 5) is 35.0. The van der Waals surface area contributed by atoms with Crippen LogP contribution in [0.4, 0.5) is 4.79 Å². The number of nitrogens with one attached hydrogen (secondary N) is 1. The molecule has 1 aromatic rings. The molecule has 0 saturated carbocycles. The third-order valence-corrected chi connectivity index (χ3v) is 3.40. The van der Waals surface area contributed by atoms with Crippen molar-refractivity contribution in [3.8, 4) is 0 Å². The van der Waals surface area contributed by atoms with Crippen LogP contribution >= 0.6 is 0 Å². The van der Waals surface area contributed by atoms with Crippen LogP contribution in [0.25, 0.3) is 0 Å². The topological polar surface area (TPSA) is 95.9 Å². The van der Waals surface area contributed by atoms with Crippen molar-refractivity contribution >= 4 is 17.9 Å². The zero-order valence-electron chi connectivity index (χ0n) is 15.2. The average molecular weight is 350 g/mol. The van der Waals surface area contributed by atoms with E-state index in [0.29, 0.717) is 11.1 Å². The van der Waals surface area contributed by atoms with Crippen molar-refractivity contribution in [2.45, 2.75) is 39.2 Å². The molecular weight excluding hydrogens is 324 g/mol. The molecule has 0 aromatic heterocycles. The van der Waals surface area contributed by atoms with Gasteiger partial charge in [0, 0.05) is 20.2 Å². The first-order chi connectivity index (χ1) is 11.8. The summed E-state index contributed by atoms with van der Waals surface area (Å²) in [6.07, 6.45) is 2.05. The number of likely N-dealkylation sites (tertiary alicyclic amines) is 1. The summed E-state index contributed by atoms with van der Waals surface area (Å²) >= 11 is 0. The highest BCUT2D eigenvalue weighted by atomic mass is 16.6. The average Bonchev–Trinajstić information content (AvgIpc) is 3.18. The fourth-order valence-corrected chi connectivity index (χ4v) is 2.34. The Morgan fingerprint density at radius 3 is 1.88 bits per heavy atom. The Hall–Kier alpha value is -2.41. The van der Waals surface area contributed by atoms with Crippen molar-refractivity contribution in [1.29, 1.82) is 0 Å². The van der Waals surface area contributed by atoms with Crippen molar-refractivity contribution in [2.24, 2.45) is 0 Å². The van der Waals surface area contributed by atoms with Crippen molar-refractivity contribution in [3.05, 3.63) is 35.4 Å². The fourth-order valence-electron chi connectivity index (χ4n) is 2.34. The van der Waals surface area contributed by atoms with E-state index < -0.39 is 0 Å². The predicted octanol–water partition coefficient (Wildman–Crippen LogP) is 2.20. The van der Waals surface area contributed by atoms with Gasteiger partial charge in [-0.3, -0.25) is 14.9 Å². The second-order valence-electron chi connectivity index (χ2n) is 6.50. The standard InChI is InChI=1S/C9H17NO2.C8H5NO2.CH4O/c1-9(2,3)12-8(11)10-6-4-5-7-10;10-7-5-3-1-2-4-6(5)8(11)9-7;1-2/h4-7H2,1-3H3;1-4H,(H,9,10,11);2H,1H3. The van der Waals surface area contributed by atoms with E-state index in [9.17, 15) is 14.4 Å². The highest BCUT2D eigenvalue weighted by molar-refractivity contribution is 6.21. The van der Waals surface area contributed by atoms with Gasteiger partial charge in [-0.25, -0.2) is 4.79 Å². The molecule has 1 aromatic carbocycles. The number of nitrogens with zero attached hydrogens (tertiary/aromatic N) is 1. The third kappa shape index (κ3) is 6.19. The maximum Gasteiger partial charge on any atom is 0.410 e.